The number of non-ortho nitro benzene ring substituents is 1. The van der Waals surface area contributed by atoms with Crippen molar-refractivity contribution in [3.05, 3.63) is 75.8 Å². The van der Waals surface area contributed by atoms with E-state index in [2.05, 4.69) is 0 Å². The Labute approximate surface area is 133 Å². The van der Waals surface area contributed by atoms with E-state index in [0.29, 0.717) is 25.3 Å². The van der Waals surface area contributed by atoms with Crippen LogP contribution in [-0.4, -0.2) is 35.4 Å². The number of benzene rings is 2. The highest BCUT2D eigenvalue weighted by atomic mass is 16.6. The molecule has 1 heterocycles. The number of hydrogen-bond donors (Lipinski definition) is 0. The second kappa shape index (κ2) is 6.58. The largest absolute Gasteiger partial charge is 0.370 e. The average Bonchev–Trinajstić information content (AvgIpc) is 2.62. The Hall–Kier alpha value is -2.73. The second-order valence-electron chi connectivity index (χ2n) is 5.33. The summed E-state index contributed by atoms with van der Waals surface area (Å²) in [6.45, 7) is 1.46. The standard InChI is InChI=1S/C17H16N2O4/c20-17(14-6-8-15(9-7-14)19(21)22)18-10-11-23-16(12-18)13-4-2-1-3-5-13/h1-9,16H,10-12H2/t16-/m1/s1. The predicted octanol–water partition coefficient (Wildman–Crippen LogP) is 2.81. The molecule has 0 unspecified atom stereocenters. The molecule has 0 radical (unpaired) electrons. The zero-order chi connectivity index (χ0) is 16.2. The maximum absolute atomic E-state index is 12.6. The molecule has 0 bridgehead atoms. The van der Waals surface area contributed by atoms with Gasteiger partial charge in [-0.05, 0) is 17.7 Å². The van der Waals surface area contributed by atoms with E-state index in [1.807, 2.05) is 30.3 Å². The summed E-state index contributed by atoms with van der Waals surface area (Å²) in [5.74, 6) is -0.135. The molecule has 1 aliphatic heterocycles. The fourth-order valence-electron chi connectivity index (χ4n) is 2.61. The van der Waals surface area contributed by atoms with E-state index >= 15 is 0 Å². The SMILES string of the molecule is O=C(c1ccc([N+](=O)[O-])cc1)N1CCO[C@@H](c2ccccc2)C1. The third-order valence-electron chi connectivity index (χ3n) is 3.85. The number of nitro benzene ring substituents is 1. The van der Waals surface area contributed by atoms with E-state index in [1.54, 1.807) is 4.90 Å². The minimum absolute atomic E-state index is 0.0225. The average molecular weight is 312 g/mol. The fourth-order valence-corrected chi connectivity index (χ4v) is 2.61. The number of amides is 1. The van der Waals surface area contributed by atoms with E-state index in [0.717, 1.165) is 5.56 Å². The minimum atomic E-state index is -0.478. The van der Waals surface area contributed by atoms with Crippen molar-refractivity contribution in [1.82, 2.24) is 4.90 Å². The van der Waals surface area contributed by atoms with Gasteiger partial charge in [0.25, 0.3) is 11.6 Å². The molecule has 0 saturated carbocycles. The molecule has 1 fully saturated rings. The van der Waals surface area contributed by atoms with E-state index in [-0.39, 0.29) is 17.7 Å². The molecular formula is C17H16N2O4. The Bertz CT molecular complexity index is 700. The van der Waals surface area contributed by atoms with Crippen LogP contribution >= 0.6 is 0 Å². The van der Waals surface area contributed by atoms with Crippen LogP contribution < -0.4 is 0 Å². The molecule has 1 saturated heterocycles. The topological polar surface area (TPSA) is 72.7 Å². The van der Waals surface area contributed by atoms with Crippen molar-refractivity contribution in [2.24, 2.45) is 0 Å². The van der Waals surface area contributed by atoms with Crippen LogP contribution in [0.25, 0.3) is 0 Å². The van der Waals surface area contributed by atoms with E-state index < -0.39 is 4.92 Å². The van der Waals surface area contributed by atoms with Crippen LogP contribution in [0.1, 0.15) is 22.0 Å². The summed E-state index contributed by atoms with van der Waals surface area (Å²) in [5.41, 5.74) is 1.46. The molecule has 0 aromatic heterocycles. The van der Waals surface area contributed by atoms with Crippen molar-refractivity contribution >= 4 is 11.6 Å². The van der Waals surface area contributed by atoms with Crippen LogP contribution in [0.5, 0.6) is 0 Å². The zero-order valence-electron chi connectivity index (χ0n) is 12.4. The first-order valence-electron chi connectivity index (χ1n) is 7.35. The molecule has 0 spiro atoms. The Morgan fingerprint density at radius 3 is 2.48 bits per heavy atom. The lowest BCUT2D eigenvalue weighted by Gasteiger charge is -2.33. The highest BCUT2D eigenvalue weighted by Crippen LogP contribution is 2.23. The molecule has 3 rings (SSSR count). The van der Waals surface area contributed by atoms with Crippen LogP contribution in [0.2, 0.25) is 0 Å². The smallest absolute Gasteiger partial charge is 0.269 e. The van der Waals surface area contributed by atoms with Gasteiger partial charge >= 0.3 is 0 Å². The number of carbonyl (C=O) groups is 1. The van der Waals surface area contributed by atoms with Crippen molar-refractivity contribution in [2.75, 3.05) is 19.7 Å². The molecule has 0 N–H and O–H groups in total. The van der Waals surface area contributed by atoms with Gasteiger partial charge in [-0.15, -0.1) is 0 Å². The number of hydrogen-bond acceptors (Lipinski definition) is 4. The second-order valence-corrected chi connectivity index (χ2v) is 5.33. The summed E-state index contributed by atoms with van der Waals surface area (Å²) in [4.78, 5) is 24.5. The maximum Gasteiger partial charge on any atom is 0.269 e. The Kier molecular flexibility index (Phi) is 4.34. The summed E-state index contributed by atoms with van der Waals surface area (Å²) in [5, 5.41) is 10.7. The van der Waals surface area contributed by atoms with Crippen molar-refractivity contribution in [2.45, 2.75) is 6.10 Å². The molecular weight excluding hydrogens is 296 g/mol. The van der Waals surface area contributed by atoms with Gasteiger partial charge in [0, 0.05) is 24.2 Å². The van der Waals surface area contributed by atoms with Crippen molar-refractivity contribution in [3.63, 3.8) is 0 Å². The zero-order valence-corrected chi connectivity index (χ0v) is 12.4. The first-order valence-corrected chi connectivity index (χ1v) is 7.35. The van der Waals surface area contributed by atoms with E-state index in [9.17, 15) is 14.9 Å². The summed E-state index contributed by atoms with van der Waals surface area (Å²) < 4.78 is 5.75. The van der Waals surface area contributed by atoms with Gasteiger partial charge in [0.2, 0.25) is 0 Å². The molecule has 23 heavy (non-hydrogen) atoms. The van der Waals surface area contributed by atoms with Gasteiger partial charge in [0.15, 0.2) is 0 Å². The van der Waals surface area contributed by atoms with E-state index in [4.69, 9.17) is 4.74 Å². The molecule has 1 amide bonds. The molecule has 1 aliphatic rings. The normalized spacial score (nSPS) is 17.7. The summed E-state index contributed by atoms with van der Waals surface area (Å²) in [6.07, 6.45) is -0.146. The van der Waals surface area contributed by atoms with Gasteiger partial charge < -0.3 is 9.64 Å². The van der Waals surface area contributed by atoms with Crippen molar-refractivity contribution in [3.8, 4) is 0 Å². The van der Waals surface area contributed by atoms with Gasteiger partial charge in [-0.3, -0.25) is 14.9 Å². The van der Waals surface area contributed by atoms with Gasteiger partial charge in [-0.1, -0.05) is 30.3 Å². The fraction of sp³-hybridized carbons (Fsp3) is 0.235. The highest BCUT2D eigenvalue weighted by Gasteiger charge is 2.26. The molecule has 6 heteroatoms. The maximum atomic E-state index is 12.6. The van der Waals surface area contributed by atoms with Crippen LogP contribution in [0.3, 0.4) is 0 Å². The van der Waals surface area contributed by atoms with Gasteiger partial charge in [0.1, 0.15) is 6.10 Å². The molecule has 2 aromatic carbocycles. The van der Waals surface area contributed by atoms with Crippen LogP contribution in [0.15, 0.2) is 54.6 Å². The van der Waals surface area contributed by atoms with Crippen LogP contribution in [0, 0.1) is 10.1 Å². The number of nitrogens with zero attached hydrogens (tertiary/aromatic N) is 2. The lowest BCUT2D eigenvalue weighted by Crippen LogP contribution is -2.42. The number of carbonyl (C=O) groups excluding carboxylic acids is 1. The number of morpholine rings is 1. The molecule has 118 valence electrons. The van der Waals surface area contributed by atoms with E-state index in [1.165, 1.54) is 24.3 Å². The predicted molar refractivity (Wildman–Crippen MR) is 84.1 cm³/mol. The molecule has 6 nitrogen and oxygen atoms in total. The van der Waals surface area contributed by atoms with Gasteiger partial charge in [-0.2, -0.15) is 0 Å². The van der Waals surface area contributed by atoms with Gasteiger partial charge in [-0.25, -0.2) is 0 Å². The van der Waals surface area contributed by atoms with Crippen LogP contribution in [0.4, 0.5) is 5.69 Å². The van der Waals surface area contributed by atoms with Crippen molar-refractivity contribution in [1.29, 1.82) is 0 Å². The molecule has 2 aromatic rings. The van der Waals surface area contributed by atoms with Crippen molar-refractivity contribution < 1.29 is 14.5 Å². The lowest BCUT2D eigenvalue weighted by molar-refractivity contribution is -0.384. The quantitative estimate of drug-likeness (QED) is 0.645. The summed E-state index contributed by atoms with van der Waals surface area (Å²) >= 11 is 0. The summed E-state index contributed by atoms with van der Waals surface area (Å²) in [7, 11) is 0. The number of ether oxygens (including phenoxy) is 1. The first kappa shape index (κ1) is 15.2. The minimum Gasteiger partial charge on any atom is -0.370 e. The van der Waals surface area contributed by atoms with Crippen LogP contribution in [-0.2, 0) is 4.74 Å². The lowest BCUT2D eigenvalue weighted by atomic mass is 10.1. The molecule has 1 atom stereocenters. The first-order chi connectivity index (χ1) is 11.1. The summed E-state index contributed by atoms with van der Waals surface area (Å²) in [6, 6.07) is 15.5. The number of nitro groups is 1. The highest BCUT2D eigenvalue weighted by molar-refractivity contribution is 5.94. The Morgan fingerprint density at radius 1 is 1.13 bits per heavy atom. The third-order valence-corrected chi connectivity index (χ3v) is 3.85. The Balaban J connectivity index is 1.73. The molecule has 0 aliphatic carbocycles. The monoisotopic (exact) mass is 312 g/mol. The Morgan fingerprint density at radius 2 is 1.83 bits per heavy atom. The van der Waals surface area contributed by atoms with Gasteiger partial charge in [0.05, 0.1) is 18.1 Å². The number of rotatable bonds is 3. The third kappa shape index (κ3) is 3.37.